The van der Waals surface area contributed by atoms with Gasteiger partial charge in [0.05, 0.1) is 0 Å². The van der Waals surface area contributed by atoms with E-state index < -0.39 is 0 Å². The van der Waals surface area contributed by atoms with E-state index in [1.165, 1.54) is 45.4 Å². The van der Waals surface area contributed by atoms with Gasteiger partial charge in [0.15, 0.2) is 0 Å². The van der Waals surface area contributed by atoms with Gasteiger partial charge in [0.2, 0.25) is 0 Å². The molecule has 0 bridgehead atoms. The molecule has 0 aromatic heterocycles. The molecule has 0 amide bonds. The van der Waals surface area contributed by atoms with E-state index in [9.17, 15) is 0 Å². The monoisotopic (exact) mass is 199 g/mol. The number of likely N-dealkylation sites (tertiary alicyclic amines) is 1. The predicted octanol–water partition coefficient (Wildman–Crippen LogP) is 0.624. The highest BCUT2D eigenvalue weighted by molar-refractivity contribution is 4.62. The Morgan fingerprint density at radius 2 is 1.21 bits per heavy atom. The lowest BCUT2D eigenvalue weighted by Crippen LogP contribution is -2.40. The summed E-state index contributed by atoms with van der Waals surface area (Å²) >= 11 is 0. The lowest BCUT2D eigenvalue weighted by atomic mass is 10.1. The van der Waals surface area contributed by atoms with Crippen molar-refractivity contribution >= 4 is 0 Å². The summed E-state index contributed by atoms with van der Waals surface area (Å²) in [6.45, 7) is 7.38. The number of nitrogens with one attached hydrogen (secondary N) is 1. The SMILES string of the molecule is CN1CCCCC1.CN1CCNCC1. The van der Waals surface area contributed by atoms with Crippen LogP contribution in [-0.2, 0) is 0 Å². The van der Waals surface area contributed by atoms with Crippen molar-refractivity contribution in [1.82, 2.24) is 15.1 Å². The molecule has 0 aromatic carbocycles. The summed E-state index contributed by atoms with van der Waals surface area (Å²) in [4.78, 5) is 4.72. The van der Waals surface area contributed by atoms with Crippen LogP contribution in [0.15, 0.2) is 0 Å². The zero-order chi connectivity index (χ0) is 10.2. The first-order valence-corrected chi connectivity index (χ1v) is 5.87. The molecular weight excluding hydrogens is 174 g/mol. The van der Waals surface area contributed by atoms with Crippen LogP contribution in [0.4, 0.5) is 0 Å². The van der Waals surface area contributed by atoms with Gasteiger partial charge in [-0.25, -0.2) is 0 Å². The standard InChI is InChI=1S/C6H13N.C5H12N2/c1-7-5-3-2-4-6-7;1-7-4-2-6-3-5-7/h2-6H2,1H3;6H,2-5H2,1H3. The van der Waals surface area contributed by atoms with Crippen molar-refractivity contribution < 1.29 is 0 Å². The summed E-state index contributed by atoms with van der Waals surface area (Å²) in [6, 6.07) is 0. The maximum absolute atomic E-state index is 3.27. The number of piperidine rings is 1. The van der Waals surface area contributed by atoms with Crippen LogP contribution >= 0.6 is 0 Å². The van der Waals surface area contributed by atoms with E-state index in [1.54, 1.807) is 0 Å². The summed E-state index contributed by atoms with van der Waals surface area (Å²) in [6.07, 6.45) is 4.28. The summed E-state index contributed by atoms with van der Waals surface area (Å²) < 4.78 is 0. The minimum Gasteiger partial charge on any atom is -0.314 e. The molecule has 1 N–H and O–H groups in total. The molecule has 2 saturated heterocycles. The van der Waals surface area contributed by atoms with Crippen LogP contribution in [0.1, 0.15) is 19.3 Å². The maximum atomic E-state index is 3.27. The molecule has 84 valence electrons. The van der Waals surface area contributed by atoms with E-state index in [-0.39, 0.29) is 0 Å². The van der Waals surface area contributed by atoms with E-state index in [4.69, 9.17) is 0 Å². The van der Waals surface area contributed by atoms with Gasteiger partial charge in [-0.2, -0.15) is 0 Å². The van der Waals surface area contributed by atoms with Crippen molar-refractivity contribution in [2.45, 2.75) is 19.3 Å². The van der Waals surface area contributed by atoms with Crippen LogP contribution in [0.25, 0.3) is 0 Å². The van der Waals surface area contributed by atoms with Gasteiger partial charge >= 0.3 is 0 Å². The van der Waals surface area contributed by atoms with E-state index in [1.807, 2.05) is 0 Å². The van der Waals surface area contributed by atoms with Gasteiger partial charge in [-0.3, -0.25) is 0 Å². The van der Waals surface area contributed by atoms with Crippen molar-refractivity contribution in [2.75, 3.05) is 53.4 Å². The summed E-state index contributed by atoms with van der Waals surface area (Å²) in [5.41, 5.74) is 0. The van der Waals surface area contributed by atoms with Crippen LogP contribution in [-0.4, -0.2) is 63.2 Å². The molecule has 0 aliphatic carbocycles. The van der Waals surface area contributed by atoms with Crippen molar-refractivity contribution in [3.8, 4) is 0 Å². The Balaban J connectivity index is 0.000000140. The van der Waals surface area contributed by atoms with Gasteiger partial charge in [-0.1, -0.05) is 6.42 Å². The van der Waals surface area contributed by atoms with Gasteiger partial charge in [0.25, 0.3) is 0 Å². The van der Waals surface area contributed by atoms with Crippen molar-refractivity contribution in [2.24, 2.45) is 0 Å². The summed E-state index contributed by atoms with van der Waals surface area (Å²) in [5, 5.41) is 3.27. The van der Waals surface area contributed by atoms with E-state index in [2.05, 4.69) is 29.2 Å². The number of rotatable bonds is 0. The van der Waals surface area contributed by atoms with Crippen molar-refractivity contribution in [3.05, 3.63) is 0 Å². The van der Waals surface area contributed by atoms with Crippen molar-refractivity contribution in [3.63, 3.8) is 0 Å². The molecule has 2 fully saturated rings. The number of hydrogen-bond acceptors (Lipinski definition) is 3. The Labute approximate surface area is 88.5 Å². The number of nitrogens with zero attached hydrogens (tertiary/aromatic N) is 2. The quantitative estimate of drug-likeness (QED) is 0.617. The minimum absolute atomic E-state index is 1.16. The summed E-state index contributed by atoms with van der Waals surface area (Å²) in [5.74, 6) is 0. The fourth-order valence-corrected chi connectivity index (χ4v) is 1.83. The topological polar surface area (TPSA) is 18.5 Å². The molecule has 3 nitrogen and oxygen atoms in total. The second kappa shape index (κ2) is 7.21. The molecule has 0 radical (unpaired) electrons. The molecule has 0 saturated carbocycles. The Morgan fingerprint density at radius 3 is 1.50 bits per heavy atom. The number of hydrogen-bond donors (Lipinski definition) is 1. The number of piperazine rings is 1. The van der Waals surface area contributed by atoms with Crippen LogP contribution < -0.4 is 5.32 Å². The largest absolute Gasteiger partial charge is 0.314 e. The molecular formula is C11H25N3. The first kappa shape index (κ1) is 12.0. The van der Waals surface area contributed by atoms with Crippen LogP contribution in [0.3, 0.4) is 0 Å². The van der Waals surface area contributed by atoms with Crippen LogP contribution in [0.5, 0.6) is 0 Å². The lowest BCUT2D eigenvalue weighted by molar-refractivity contribution is 0.277. The molecule has 3 heteroatoms. The van der Waals surface area contributed by atoms with Gasteiger partial charge in [-0.05, 0) is 40.0 Å². The van der Waals surface area contributed by atoms with Crippen molar-refractivity contribution in [1.29, 1.82) is 0 Å². The number of likely N-dealkylation sites (N-methyl/N-ethyl adjacent to an activating group) is 1. The third kappa shape index (κ3) is 5.58. The Bertz CT molecular complexity index is 110. The van der Waals surface area contributed by atoms with E-state index in [0.717, 1.165) is 13.1 Å². The summed E-state index contributed by atoms with van der Waals surface area (Å²) in [7, 11) is 4.35. The third-order valence-corrected chi connectivity index (χ3v) is 2.92. The smallest absolute Gasteiger partial charge is 0.0104 e. The Kier molecular flexibility index (Phi) is 6.15. The van der Waals surface area contributed by atoms with Gasteiger partial charge < -0.3 is 15.1 Å². The zero-order valence-electron chi connectivity index (χ0n) is 9.76. The van der Waals surface area contributed by atoms with Gasteiger partial charge in [-0.15, -0.1) is 0 Å². The van der Waals surface area contributed by atoms with Crippen LogP contribution in [0.2, 0.25) is 0 Å². The molecule has 0 unspecified atom stereocenters. The highest BCUT2D eigenvalue weighted by atomic mass is 15.2. The molecule has 2 aliphatic heterocycles. The fourth-order valence-electron chi connectivity index (χ4n) is 1.83. The minimum atomic E-state index is 1.16. The zero-order valence-corrected chi connectivity index (χ0v) is 9.76. The van der Waals surface area contributed by atoms with Gasteiger partial charge in [0, 0.05) is 26.2 Å². The first-order valence-electron chi connectivity index (χ1n) is 5.87. The maximum Gasteiger partial charge on any atom is 0.0104 e. The fraction of sp³-hybridized carbons (Fsp3) is 1.00. The predicted molar refractivity (Wildman–Crippen MR) is 61.7 cm³/mol. The molecule has 0 atom stereocenters. The third-order valence-electron chi connectivity index (χ3n) is 2.92. The Hall–Kier alpha value is -0.120. The van der Waals surface area contributed by atoms with E-state index in [0.29, 0.717) is 0 Å². The average molecular weight is 199 g/mol. The molecule has 0 aromatic rings. The Morgan fingerprint density at radius 1 is 0.714 bits per heavy atom. The molecule has 14 heavy (non-hydrogen) atoms. The van der Waals surface area contributed by atoms with Gasteiger partial charge in [0.1, 0.15) is 0 Å². The lowest BCUT2D eigenvalue weighted by Gasteiger charge is -2.21. The van der Waals surface area contributed by atoms with Crippen LogP contribution in [0, 0.1) is 0 Å². The first-order chi connectivity index (χ1) is 6.79. The molecule has 2 aliphatic rings. The average Bonchev–Trinajstić information content (AvgIpc) is 2.21. The van der Waals surface area contributed by atoms with E-state index >= 15 is 0 Å². The second-order valence-electron chi connectivity index (χ2n) is 4.42. The molecule has 2 rings (SSSR count). The second-order valence-corrected chi connectivity index (χ2v) is 4.42. The highest BCUT2D eigenvalue weighted by Crippen LogP contribution is 2.04. The molecule has 2 heterocycles. The molecule has 0 spiro atoms. The highest BCUT2D eigenvalue weighted by Gasteiger charge is 2.02. The normalized spacial score (nSPS) is 25.3.